The molecule has 34 heavy (non-hydrogen) atoms. The Kier molecular flexibility index (Phi) is 5.90. The lowest BCUT2D eigenvalue weighted by Crippen LogP contribution is -2.15. The number of halogens is 3. The fraction of sp³-hybridized carbons (Fsp3) is 0.208. The van der Waals surface area contributed by atoms with E-state index in [4.69, 9.17) is 9.47 Å². The van der Waals surface area contributed by atoms with Gasteiger partial charge in [0.15, 0.2) is 11.4 Å². The van der Waals surface area contributed by atoms with Crippen molar-refractivity contribution in [3.8, 4) is 17.2 Å². The molecular formula is C24H21F3N4O3. The third-order valence-corrected chi connectivity index (χ3v) is 5.17. The molecule has 4 rings (SSSR count). The molecule has 0 saturated carbocycles. The van der Waals surface area contributed by atoms with E-state index in [1.165, 1.54) is 13.2 Å². The van der Waals surface area contributed by atoms with Crippen LogP contribution in [0.4, 0.5) is 18.9 Å². The lowest BCUT2D eigenvalue weighted by Gasteiger charge is -2.16. The third-order valence-electron chi connectivity index (χ3n) is 5.17. The molecule has 176 valence electrons. The first-order chi connectivity index (χ1) is 16.1. The first kappa shape index (κ1) is 23.1. The SMILES string of the molecule is COc1cccc(Oc2ccc(C(F)(F)F)cc2NC(=O)c2cc(C)nc3c2c(C)nn3C)c1. The minimum absolute atomic E-state index is 0.0412. The number of carbonyl (C=O) groups excluding carboxylic acids is 1. The molecule has 2 aromatic heterocycles. The Morgan fingerprint density at radius 3 is 2.50 bits per heavy atom. The number of fused-ring (bicyclic) bond motifs is 1. The zero-order valence-corrected chi connectivity index (χ0v) is 18.8. The van der Waals surface area contributed by atoms with Gasteiger partial charge in [0.25, 0.3) is 5.91 Å². The molecule has 10 heteroatoms. The molecule has 2 aromatic carbocycles. The number of nitrogens with zero attached hydrogens (tertiary/aromatic N) is 3. The van der Waals surface area contributed by atoms with Crippen molar-refractivity contribution in [2.24, 2.45) is 7.05 Å². The van der Waals surface area contributed by atoms with Crippen LogP contribution in [-0.4, -0.2) is 27.8 Å². The van der Waals surface area contributed by atoms with Crippen LogP contribution >= 0.6 is 0 Å². The van der Waals surface area contributed by atoms with Crippen LogP contribution in [0.15, 0.2) is 48.5 Å². The summed E-state index contributed by atoms with van der Waals surface area (Å²) in [6, 6.07) is 11.1. The van der Waals surface area contributed by atoms with Crippen LogP contribution in [0.5, 0.6) is 17.2 Å². The van der Waals surface area contributed by atoms with Gasteiger partial charge >= 0.3 is 6.18 Å². The van der Waals surface area contributed by atoms with Crippen LogP contribution in [0.25, 0.3) is 11.0 Å². The molecule has 0 saturated heterocycles. The van der Waals surface area contributed by atoms with E-state index < -0.39 is 17.6 Å². The van der Waals surface area contributed by atoms with Crippen molar-refractivity contribution in [1.29, 1.82) is 0 Å². The van der Waals surface area contributed by atoms with Crippen LogP contribution in [0, 0.1) is 13.8 Å². The number of hydrogen-bond acceptors (Lipinski definition) is 5. The first-order valence-corrected chi connectivity index (χ1v) is 10.2. The fourth-order valence-corrected chi connectivity index (χ4v) is 3.62. The minimum Gasteiger partial charge on any atom is -0.497 e. The number of carbonyl (C=O) groups is 1. The van der Waals surface area contributed by atoms with Gasteiger partial charge in [0, 0.05) is 18.8 Å². The fourth-order valence-electron chi connectivity index (χ4n) is 3.62. The third kappa shape index (κ3) is 4.52. The molecule has 0 unspecified atom stereocenters. The number of nitrogens with one attached hydrogen (secondary N) is 1. The molecule has 2 heterocycles. The van der Waals surface area contributed by atoms with Gasteiger partial charge in [-0.3, -0.25) is 9.48 Å². The first-order valence-electron chi connectivity index (χ1n) is 10.2. The van der Waals surface area contributed by atoms with E-state index >= 15 is 0 Å². The van der Waals surface area contributed by atoms with Crippen LogP contribution in [0.3, 0.4) is 0 Å². The van der Waals surface area contributed by atoms with Crippen molar-refractivity contribution in [1.82, 2.24) is 14.8 Å². The van der Waals surface area contributed by atoms with Gasteiger partial charge in [0.1, 0.15) is 11.5 Å². The van der Waals surface area contributed by atoms with Crippen molar-refractivity contribution in [3.63, 3.8) is 0 Å². The Bertz CT molecular complexity index is 1400. The molecule has 0 aliphatic heterocycles. The van der Waals surface area contributed by atoms with Crippen molar-refractivity contribution in [3.05, 3.63) is 71.0 Å². The summed E-state index contributed by atoms with van der Waals surface area (Å²) in [5, 5.41) is 7.41. The van der Waals surface area contributed by atoms with Crippen molar-refractivity contribution >= 4 is 22.6 Å². The quantitative estimate of drug-likeness (QED) is 0.407. The van der Waals surface area contributed by atoms with E-state index in [1.54, 1.807) is 55.9 Å². The van der Waals surface area contributed by atoms with E-state index in [1.807, 2.05) is 0 Å². The summed E-state index contributed by atoms with van der Waals surface area (Å²) in [5.41, 5.74) is 0.836. The van der Waals surface area contributed by atoms with E-state index in [-0.39, 0.29) is 17.0 Å². The number of rotatable bonds is 5. The van der Waals surface area contributed by atoms with Crippen LogP contribution < -0.4 is 14.8 Å². The highest BCUT2D eigenvalue weighted by atomic mass is 19.4. The largest absolute Gasteiger partial charge is 0.497 e. The zero-order chi connectivity index (χ0) is 24.6. The van der Waals surface area contributed by atoms with Gasteiger partial charge in [-0.05, 0) is 50.2 Å². The standard InChI is InChI=1S/C24H21F3N4O3/c1-13-10-18(21-14(2)30-31(3)22(21)28-13)23(32)29-19-11-15(24(25,26)27)8-9-20(19)34-17-7-5-6-16(12-17)33-4/h5-12H,1-4H3,(H,29,32). The summed E-state index contributed by atoms with van der Waals surface area (Å²) in [6.07, 6.45) is -4.60. The highest BCUT2D eigenvalue weighted by Crippen LogP contribution is 2.38. The molecule has 0 aliphatic carbocycles. The van der Waals surface area contributed by atoms with Crippen molar-refractivity contribution in [2.45, 2.75) is 20.0 Å². The molecule has 0 atom stereocenters. The number of hydrogen-bond donors (Lipinski definition) is 1. The number of alkyl halides is 3. The number of benzene rings is 2. The number of methoxy groups -OCH3 is 1. The molecule has 0 spiro atoms. The molecule has 4 aromatic rings. The average molecular weight is 470 g/mol. The molecule has 7 nitrogen and oxygen atoms in total. The van der Waals surface area contributed by atoms with Crippen molar-refractivity contribution < 1.29 is 27.4 Å². The second kappa shape index (κ2) is 8.69. The van der Waals surface area contributed by atoms with Gasteiger partial charge in [-0.25, -0.2) is 4.98 Å². The highest BCUT2D eigenvalue weighted by molar-refractivity contribution is 6.13. The zero-order valence-electron chi connectivity index (χ0n) is 18.8. The predicted octanol–water partition coefficient (Wildman–Crippen LogP) is 5.66. The number of amides is 1. The van der Waals surface area contributed by atoms with E-state index in [2.05, 4.69) is 15.4 Å². The Morgan fingerprint density at radius 2 is 1.79 bits per heavy atom. The highest BCUT2D eigenvalue weighted by Gasteiger charge is 2.32. The molecule has 0 fully saturated rings. The topological polar surface area (TPSA) is 78.3 Å². The Balaban J connectivity index is 1.77. The van der Waals surface area contributed by atoms with E-state index in [9.17, 15) is 18.0 Å². The monoisotopic (exact) mass is 470 g/mol. The molecule has 1 N–H and O–H groups in total. The van der Waals surface area contributed by atoms with E-state index in [0.29, 0.717) is 33.9 Å². The number of anilines is 1. The number of aromatic nitrogens is 3. The summed E-state index contributed by atoms with van der Waals surface area (Å²) in [7, 11) is 3.19. The second-order valence-electron chi connectivity index (χ2n) is 7.66. The van der Waals surface area contributed by atoms with Crippen molar-refractivity contribution in [2.75, 3.05) is 12.4 Å². The number of aryl methyl sites for hydroxylation is 3. The molecular weight excluding hydrogens is 449 g/mol. The summed E-state index contributed by atoms with van der Waals surface area (Å²) >= 11 is 0. The normalized spacial score (nSPS) is 11.5. The van der Waals surface area contributed by atoms with Crippen LogP contribution in [0.1, 0.15) is 27.3 Å². The van der Waals surface area contributed by atoms with Gasteiger partial charge in [0.05, 0.1) is 35.0 Å². The Hall–Kier alpha value is -4.08. The second-order valence-corrected chi connectivity index (χ2v) is 7.66. The molecule has 1 amide bonds. The predicted molar refractivity (Wildman–Crippen MR) is 120 cm³/mol. The summed E-state index contributed by atoms with van der Waals surface area (Å²) < 4.78 is 52.8. The van der Waals surface area contributed by atoms with Gasteiger partial charge in [-0.15, -0.1) is 0 Å². The van der Waals surface area contributed by atoms with Gasteiger partial charge < -0.3 is 14.8 Å². The number of pyridine rings is 1. The Labute approximate surface area is 193 Å². The smallest absolute Gasteiger partial charge is 0.416 e. The van der Waals surface area contributed by atoms with Gasteiger partial charge in [-0.2, -0.15) is 18.3 Å². The van der Waals surface area contributed by atoms with Crippen LogP contribution in [0.2, 0.25) is 0 Å². The van der Waals surface area contributed by atoms with Gasteiger partial charge in [0.2, 0.25) is 0 Å². The van der Waals surface area contributed by atoms with Gasteiger partial charge in [-0.1, -0.05) is 6.07 Å². The summed E-state index contributed by atoms with van der Waals surface area (Å²) in [4.78, 5) is 17.7. The maximum atomic E-state index is 13.4. The molecule has 0 aliphatic rings. The summed E-state index contributed by atoms with van der Waals surface area (Å²) in [6.45, 7) is 3.46. The lowest BCUT2D eigenvalue weighted by molar-refractivity contribution is -0.137. The Morgan fingerprint density at radius 1 is 1.06 bits per heavy atom. The van der Waals surface area contributed by atoms with Crippen LogP contribution in [-0.2, 0) is 13.2 Å². The lowest BCUT2D eigenvalue weighted by atomic mass is 10.1. The molecule has 0 radical (unpaired) electrons. The number of ether oxygens (including phenoxy) is 2. The maximum absolute atomic E-state index is 13.4. The van der Waals surface area contributed by atoms with E-state index in [0.717, 1.165) is 12.1 Å². The summed E-state index contributed by atoms with van der Waals surface area (Å²) in [5.74, 6) is 0.275. The maximum Gasteiger partial charge on any atom is 0.416 e. The molecule has 0 bridgehead atoms. The minimum atomic E-state index is -4.60. The average Bonchev–Trinajstić information content (AvgIpc) is 3.06.